The predicted molar refractivity (Wildman–Crippen MR) is 97.0 cm³/mol. The summed E-state index contributed by atoms with van der Waals surface area (Å²) in [5, 5.41) is 2.49. The van der Waals surface area contributed by atoms with Crippen molar-refractivity contribution in [1.29, 1.82) is 0 Å². The third-order valence-electron chi connectivity index (χ3n) is 3.91. The molecule has 0 heterocycles. The molecule has 0 aromatic rings. The van der Waals surface area contributed by atoms with Crippen molar-refractivity contribution >= 4 is 12.1 Å². The number of hydrogen-bond acceptors (Lipinski definition) is 4. The molecule has 1 amide bonds. The van der Waals surface area contributed by atoms with Gasteiger partial charge in [-0.15, -0.1) is 0 Å². The van der Waals surface area contributed by atoms with Gasteiger partial charge in [0, 0.05) is 0 Å². The van der Waals surface area contributed by atoms with Crippen molar-refractivity contribution in [1.82, 2.24) is 5.32 Å². The first-order chi connectivity index (χ1) is 11.6. The maximum absolute atomic E-state index is 11.8. The highest BCUT2D eigenvalue weighted by molar-refractivity contribution is 5.80. The number of carbonyl (C=O) groups excluding carboxylic acids is 2. The Balaban J connectivity index is 3.49. The largest absolute Gasteiger partial charge is 0.464 e. The number of carbonyl (C=O) groups is 2. The molecule has 0 aliphatic carbocycles. The zero-order valence-corrected chi connectivity index (χ0v) is 15.9. The molecule has 1 unspecified atom stereocenters. The van der Waals surface area contributed by atoms with Crippen LogP contribution in [0.15, 0.2) is 0 Å². The summed E-state index contributed by atoms with van der Waals surface area (Å²) in [6.45, 7) is 6.66. The zero-order chi connectivity index (χ0) is 18.0. The van der Waals surface area contributed by atoms with E-state index in [1.807, 2.05) is 6.92 Å². The summed E-state index contributed by atoms with van der Waals surface area (Å²) in [6.07, 6.45) is 12.3. The fourth-order valence-electron chi connectivity index (χ4n) is 2.30. The molecule has 1 N–H and O–H groups in total. The monoisotopic (exact) mass is 343 g/mol. The lowest BCUT2D eigenvalue weighted by Crippen LogP contribution is -2.40. The van der Waals surface area contributed by atoms with E-state index in [1.165, 1.54) is 44.9 Å². The van der Waals surface area contributed by atoms with Crippen LogP contribution in [0.4, 0.5) is 4.79 Å². The lowest BCUT2D eigenvalue weighted by Gasteiger charge is -2.13. The van der Waals surface area contributed by atoms with Crippen LogP contribution in [0.2, 0.25) is 0 Å². The van der Waals surface area contributed by atoms with Crippen LogP contribution in [-0.2, 0) is 14.3 Å². The summed E-state index contributed by atoms with van der Waals surface area (Å²) >= 11 is 0. The molecule has 0 radical (unpaired) electrons. The zero-order valence-electron chi connectivity index (χ0n) is 15.9. The number of esters is 1. The molecule has 0 fully saturated rings. The predicted octanol–water partition coefficient (Wildman–Crippen LogP) is 4.98. The van der Waals surface area contributed by atoms with E-state index in [0.717, 1.165) is 25.7 Å². The van der Waals surface area contributed by atoms with Gasteiger partial charge in [0.25, 0.3) is 0 Å². The Labute approximate surface area is 147 Å². The smallest absolute Gasteiger partial charge is 0.407 e. The number of alkyl carbamates (subject to hydrolysis) is 1. The molecule has 1 atom stereocenters. The summed E-state index contributed by atoms with van der Waals surface area (Å²) in [7, 11) is 0. The fraction of sp³-hybridized carbons (Fsp3) is 0.895. The van der Waals surface area contributed by atoms with E-state index in [-0.39, 0.29) is 0 Å². The van der Waals surface area contributed by atoms with Crippen LogP contribution in [0.25, 0.3) is 0 Å². The van der Waals surface area contributed by atoms with Crippen LogP contribution >= 0.6 is 0 Å². The average molecular weight is 344 g/mol. The van der Waals surface area contributed by atoms with Gasteiger partial charge in [-0.1, -0.05) is 71.6 Å². The average Bonchev–Trinajstić information content (AvgIpc) is 2.56. The fourth-order valence-corrected chi connectivity index (χ4v) is 2.30. The van der Waals surface area contributed by atoms with Crippen molar-refractivity contribution in [3.63, 3.8) is 0 Å². The summed E-state index contributed by atoms with van der Waals surface area (Å²) in [5.41, 5.74) is 0. The second-order valence-corrected chi connectivity index (χ2v) is 6.35. The Kier molecular flexibility index (Phi) is 15.7. The van der Waals surface area contributed by atoms with Gasteiger partial charge in [0.1, 0.15) is 6.04 Å². The first-order valence-corrected chi connectivity index (χ1v) is 9.71. The van der Waals surface area contributed by atoms with E-state index in [4.69, 9.17) is 9.47 Å². The number of ether oxygens (including phenoxy) is 2. The Hall–Kier alpha value is -1.26. The molecule has 0 aliphatic rings. The van der Waals surface area contributed by atoms with Gasteiger partial charge in [-0.3, -0.25) is 0 Å². The second kappa shape index (κ2) is 16.6. The van der Waals surface area contributed by atoms with Gasteiger partial charge >= 0.3 is 12.1 Å². The Morgan fingerprint density at radius 1 is 0.750 bits per heavy atom. The second-order valence-electron chi connectivity index (χ2n) is 6.35. The molecule has 0 spiro atoms. The molecule has 142 valence electrons. The standard InChI is InChI=1S/C19H37NO4/c1-4-6-8-9-10-11-12-13-14-16-23-18(21)17(3)20-19(22)24-15-7-5-2/h17H,4-16H2,1-3H3,(H,20,22). The van der Waals surface area contributed by atoms with E-state index < -0.39 is 18.1 Å². The van der Waals surface area contributed by atoms with E-state index in [2.05, 4.69) is 12.2 Å². The van der Waals surface area contributed by atoms with Crippen molar-refractivity contribution < 1.29 is 19.1 Å². The summed E-state index contributed by atoms with van der Waals surface area (Å²) in [5.74, 6) is -0.401. The summed E-state index contributed by atoms with van der Waals surface area (Å²) in [4.78, 5) is 23.2. The van der Waals surface area contributed by atoms with E-state index in [0.29, 0.717) is 13.2 Å². The van der Waals surface area contributed by atoms with Gasteiger partial charge in [0.15, 0.2) is 0 Å². The topological polar surface area (TPSA) is 64.6 Å². The molecule has 0 aliphatic heterocycles. The van der Waals surface area contributed by atoms with Crippen molar-refractivity contribution in [2.45, 2.75) is 97.4 Å². The van der Waals surface area contributed by atoms with Crippen LogP contribution in [0.3, 0.4) is 0 Å². The van der Waals surface area contributed by atoms with Crippen LogP contribution in [-0.4, -0.2) is 31.3 Å². The van der Waals surface area contributed by atoms with Crippen LogP contribution < -0.4 is 5.32 Å². The summed E-state index contributed by atoms with van der Waals surface area (Å²) < 4.78 is 10.1. The quantitative estimate of drug-likeness (QED) is 0.336. The summed E-state index contributed by atoms with van der Waals surface area (Å²) in [6, 6.07) is -0.669. The number of nitrogens with one attached hydrogen (secondary N) is 1. The van der Waals surface area contributed by atoms with Crippen LogP contribution in [0.5, 0.6) is 0 Å². The van der Waals surface area contributed by atoms with Crippen LogP contribution in [0.1, 0.15) is 91.4 Å². The van der Waals surface area contributed by atoms with Crippen molar-refractivity contribution in [2.75, 3.05) is 13.2 Å². The van der Waals surface area contributed by atoms with E-state index in [9.17, 15) is 9.59 Å². The number of hydrogen-bond donors (Lipinski definition) is 1. The van der Waals surface area contributed by atoms with Gasteiger partial charge in [0.05, 0.1) is 13.2 Å². The molecular weight excluding hydrogens is 306 g/mol. The lowest BCUT2D eigenvalue weighted by atomic mass is 10.1. The highest BCUT2D eigenvalue weighted by Crippen LogP contribution is 2.09. The van der Waals surface area contributed by atoms with Gasteiger partial charge in [-0.2, -0.15) is 0 Å². The molecule has 5 nitrogen and oxygen atoms in total. The highest BCUT2D eigenvalue weighted by atomic mass is 16.6. The SMILES string of the molecule is CCCCCCCCCCCOC(=O)C(C)NC(=O)OCCCC. The van der Waals surface area contributed by atoms with Gasteiger partial charge < -0.3 is 14.8 Å². The normalized spacial score (nSPS) is 11.8. The van der Waals surface area contributed by atoms with Crippen molar-refractivity contribution in [3.8, 4) is 0 Å². The molecule has 5 heteroatoms. The first kappa shape index (κ1) is 22.7. The minimum Gasteiger partial charge on any atom is -0.464 e. The molecule has 0 saturated heterocycles. The molecule has 0 rings (SSSR count). The van der Waals surface area contributed by atoms with Gasteiger partial charge in [-0.25, -0.2) is 9.59 Å². The number of rotatable bonds is 15. The Morgan fingerprint density at radius 2 is 1.25 bits per heavy atom. The third kappa shape index (κ3) is 14.3. The molecule has 0 aromatic carbocycles. The maximum atomic E-state index is 11.8. The molecule has 0 bridgehead atoms. The van der Waals surface area contributed by atoms with Crippen molar-refractivity contribution in [2.24, 2.45) is 0 Å². The molecular formula is C19H37NO4. The third-order valence-corrected chi connectivity index (χ3v) is 3.91. The number of amides is 1. The molecule has 24 heavy (non-hydrogen) atoms. The van der Waals surface area contributed by atoms with E-state index >= 15 is 0 Å². The molecule has 0 aromatic heterocycles. The Bertz CT molecular complexity index is 320. The van der Waals surface area contributed by atoms with Crippen LogP contribution in [0, 0.1) is 0 Å². The lowest BCUT2D eigenvalue weighted by molar-refractivity contribution is -0.145. The maximum Gasteiger partial charge on any atom is 0.407 e. The van der Waals surface area contributed by atoms with Crippen molar-refractivity contribution in [3.05, 3.63) is 0 Å². The minimum absolute atomic E-state index is 0.378. The Morgan fingerprint density at radius 3 is 1.83 bits per heavy atom. The van der Waals surface area contributed by atoms with Gasteiger partial charge in [0.2, 0.25) is 0 Å². The minimum atomic E-state index is -0.669. The van der Waals surface area contributed by atoms with Gasteiger partial charge in [-0.05, 0) is 19.8 Å². The first-order valence-electron chi connectivity index (χ1n) is 9.71. The van der Waals surface area contributed by atoms with E-state index in [1.54, 1.807) is 6.92 Å². The number of unbranched alkanes of at least 4 members (excludes halogenated alkanes) is 9. The molecule has 0 saturated carbocycles. The highest BCUT2D eigenvalue weighted by Gasteiger charge is 2.17.